The van der Waals surface area contributed by atoms with E-state index in [4.69, 9.17) is 10.8 Å². The second-order valence-electron chi connectivity index (χ2n) is 10.0. The van der Waals surface area contributed by atoms with Crippen molar-refractivity contribution < 1.29 is 29.1 Å². The summed E-state index contributed by atoms with van der Waals surface area (Å²) in [5.41, 5.74) is 6.43. The number of hydrogen-bond acceptors (Lipinski definition) is 5. The Hall–Kier alpha value is -3.23. The molecule has 182 valence electrons. The van der Waals surface area contributed by atoms with Gasteiger partial charge in [-0.05, 0) is 68.6 Å². The summed E-state index contributed by atoms with van der Waals surface area (Å²) in [6.07, 6.45) is 5.58. The molecule has 1 aliphatic heterocycles. The van der Waals surface area contributed by atoms with Crippen LogP contribution in [0.2, 0.25) is 0 Å². The third kappa shape index (κ3) is 4.43. The zero-order chi connectivity index (χ0) is 24.6. The van der Waals surface area contributed by atoms with Gasteiger partial charge in [0.1, 0.15) is 6.04 Å². The average molecular weight is 470 g/mol. The number of rotatable bonds is 9. The van der Waals surface area contributed by atoms with Gasteiger partial charge < -0.3 is 20.6 Å². The van der Waals surface area contributed by atoms with Crippen LogP contribution in [-0.4, -0.2) is 64.0 Å². The fourth-order valence-electron chi connectivity index (χ4n) is 5.83. The highest BCUT2D eigenvalue weighted by atomic mass is 16.4. The first-order chi connectivity index (χ1) is 16.1. The highest BCUT2D eigenvalue weighted by Gasteiger charge is 2.47. The number of benzene rings is 1. The number of carboxylic acids is 1. The lowest BCUT2D eigenvalue weighted by Gasteiger charge is -2.46. The Morgan fingerprint density at radius 3 is 2.41 bits per heavy atom. The van der Waals surface area contributed by atoms with Crippen LogP contribution in [0.15, 0.2) is 18.2 Å². The number of carbonyl (C=O) groups excluding carboxylic acids is 4. The first kappa shape index (κ1) is 23.9. The molecule has 3 saturated carbocycles. The van der Waals surface area contributed by atoms with Gasteiger partial charge in [0.05, 0.1) is 6.54 Å². The summed E-state index contributed by atoms with van der Waals surface area (Å²) in [6.45, 7) is 0.0323. The van der Waals surface area contributed by atoms with Crippen LogP contribution in [0.4, 0.5) is 0 Å². The van der Waals surface area contributed by atoms with Crippen LogP contribution in [-0.2, 0) is 20.9 Å². The highest BCUT2D eigenvalue weighted by molar-refractivity contribution is 6.04. The van der Waals surface area contributed by atoms with E-state index in [9.17, 15) is 24.0 Å². The van der Waals surface area contributed by atoms with Crippen molar-refractivity contribution in [2.75, 3.05) is 13.6 Å². The number of ketones is 1. The number of primary amides is 1. The molecule has 4 aliphatic rings. The molecule has 0 aromatic heterocycles. The van der Waals surface area contributed by atoms with Crippen LogP contribution in [0.5, 0.6) is 0 Å². The van der Waals surface area contributed by atoms with Gasteiger partial charge in [-0.25, -0.2) is 0 Å². The Bertz CT molecular complexity index is 1030. The van der Waals surface area contributed by atoms with Gasteiger partial charge in [0.2, 0.25) is 11.8 Å². The van der Waals surface area contributed by atoms with Gasteiger partial charge in [-0.3, -0.25) is 24.0 Å². The molecule has 1 heterocycles. The minimum Gasteiger partial charge on any atom is -0.481 e. The lowest BCUT2D eigenvalue weighted by atomic mass is 9.60. The largest absolute Gasteiger partial charge is 0.481 e. The molecule has 5 rings (SSSR count). The summed E-state index contributed by atoms with van der Waals surface area (Å²) in [5.74, 6) is -1.69. The minimum absolute atomic E-state index is 0.0387. The Balaban J connectivity index is 1.44. The molecule has 9 nitrogen and oxygen atoms in total. The molecule has 3 fully saturated rings. The number of nitrogens with two attached hydrogens (primary N) is 1. The molecule has 3 N–H and O–H groups in total. The maximum atomic E-state index is 13.2. The normalized spacial score (nSPS) is 24.0. The van der Waals surface area contributed by atoms with Crippen LogP contribution in [0.25, 0.3) is 0 Å². The third-order valence-corrected chi connectivity index (χ3v) is 7.87. The molecule has 0 radical (unpaired) electrons. The highest BCUT2D eigenvalue weighted by Crippen LogP contribution is 2.51. The summed E-state index contributed by atoms with van der Waals surface area (Å²) >= 11 is 0. The van der Waals surface area contributed by atoms with Gasteiger partial charge in [0, 0.05) is 36.6 Å². The fraction of sp³-hybridized carbons (Fsp3) is 0.560. The second-order valence-corrected chi connectivity index (χ2v) is 10.0. The van der Waals surface area contributed by atoms with Crippen LogP contribution in [0.3, 0.4) is 0 Å². The summed E-state index contributed by atoms with van der Waals surface area (Å²) < 4.78 is 0. The number of Topliss-reactive ketones (excluding diaryl/α,β-unsaturated/α-hetero) is 1. The first-order valence-corrected chi connectivity index (χ1v) is 11.8. The summed E-state index contributed by atoms with van der Waals surface area (Å²) in [7, 11) is 1.67. The number of hydrogen-bond donors (Lipinski definition) is 2. The average Bonchev–Trinajstić information content (AvgIpc) is 3.14. The van der Waals surface area contributed by atoms with E-state index in [1.54, 1.807) is 25.2 Å². The lowest BCUT2D eigenvalue weighted by Crippen LogP contribution is -2.48. The molecular weight excluding hydrogens is 438 g/mol. The van der Waals surface area contributed by atoms with Crippen molar-refractivity contribution in [2.24, 2.45) is 17.1 Å². The van der Waals surface area contributed by atoms with Crippen molar-refractivity contribution >= 4 is 29.5 Å². The quantitative estimate of drug-likeness (QED) is 0.530. The Kier molecular flexibility index (Phi) is 6.47. The standard InChI is InChI=1S/C25H31N3O6/c1-27(24(34)25-9-6-15(7-10-25)8-11-25)14-20(29)16-2-3-18-17(12-16)13-28(23(18)33)19(22(26)32)4-5-21(30)31/h2-3,12,15,19H,4-11,13-14H2,1H3,(H2,26,32)(H,30,31). The maximum absolute atomic E-state index is 13.2. The number of likely N-dealkylation sites (N-methyl/N-ethyl adjacent to an activating group) is 1. The predicted molar refractivity (Wildman–Crippen MR) is 122 cm³/mol. The van der Waals surface area contributed by atoms with E-state index in [2.05, 4.69) is 0 Å². The molecule has 3 amide bonds. The van der Waals surface area contributed by atoms with Crippen molar-refractivity contribution in [1.29, 1.82) is 0 Å². The molecule has 2 bridgehead atoms. The molecule has 1 atom stereocenters. The molecule has 1 aromatic carbocycles. The number of carbonyl (C=O) groups is 5. The minimum atomic E-state index is -1.08. The number of fused-ring (bicyclic) bond motifs is 4. The second kappa shape index (κ2) is 9.19. The first-order valence-electron chi connectivity index (χ1n) is 11.8. The molecule has 1 unspecified atom stereocenters. The molecule has 9 heteroatoms. The zero-order valence-electron chi connectivity index (χ0n) is 19.4. The van der Waals surface area contributed by atoms with Crippen LogP contribution in [0, 0.1) is 11.3 Å². The topological polar surface area (TPSA) is 138 Å². The van der Waals surface area contributed by atoms with Gasteiger partial charge >= 0.3 is 5.97 Å². The van der Waals surface area contributed by atoms with Gasteiger partial charge in [-0.15, -0.1) is 0 Å². The van der Waals surface area contributed by atoms with Crippen LogP contribution in [0.1, 0.15) is 77.6 Å². The molecule has 34 heavy (non-hydrogen) atoms. The van der Waals surface area contributed by atoms with Crippen LogP contribution < -0.4 is 5.73 Å². The molecule has 3 aliphatic carbocycles. The van der Waals surface area contributed by atoms with E-state index in [1.807, 2.05) is 0 Å². The van der Waals surface area contributed by atoms with E-state index in [-0.39, 0.29) is 43.0 Å². The van der Waals surface area contributed by atoms with Gasteiger partial charge in [-0.1, -0.05) is 6.07 Å². The fourth-order valence-corrected chi connectivity index (χ4v) is 5.83. The van der Waals surface area contributed by atoms with Crippen molar-refractivity contribution in [2.45, 2.75) is 64.0 Å². The zero-order valence-corrected chi connectivity index (χ0v) is 19.4. The van der Waals surface area contributed by atoms with Crippen LogP contribution >= 0.6 is 0 Å². The Morgan fingerprint density at radius 1 is 1.18 bits per heavy atom. The SMILES string of the molecule is CN(CC(=O)c1ccc2c(c1)CN(C(CCC(=O)O)C(N)=O)C2=O)C(=O)C12CCC(CC1)CC2. The Labute approximate surface area is 198 Å². The Morgan fingerprint density at radius 2 is 1.82 bits per heavy atom. The van der Waals surface area contributed by atoms with Gasteiger partial charge in [0.25, 0.3) is 5.91 Å². The number of aliphatic carboxylic acids is 1. The number of nitrogens with zero attached hydrogens (tertiary/aromatic N) is 2. The van der Waals surface area contributed by atoms with Crippen molar-refractivity contribution in [1.82, 2.24) is 9.80 Å². The van der Waals surface area contributed by atoms with Gasteiger partial charge in [-0.2, -0.15) is 0 Å². The summed E-state index contributed by atoms with van der Waals surface area (Å²) in [5, 5.41) is 8.93. The van der Waals surface area contributed by atoms with E-state index >= 15 is 0 Å². The summed E-state index contributed by atoms with van der Waals surface area (Å²) in [4.78, 5) is 64.6. The number of amides is 3. The van der Waals surface area contributed by atoms with Gasteiger partial charge in [0.15, 0.2) is 5.78 Å². The number of carboxylic acid groups (broad SMARTS) is 1. The molecule has 1 aromatic rings. The van der Waals surface area contributed by atoms with Crippen molar-refractivity contribution in [3.8, 4) is 0 Å². The maximum Gasteiger partial charge on any atom is 0.303 e. The molecule has 0 saturated heterocycles. The smallest absolute Gasteiger partial charge is 0.303 e. The monoisotopic (exact) mass is 469 g/mol. The van der Waals surface area contributed by atoms with E-state index in [0.717, 1.165) is 44.4 Å². The van der Waals surface area contributed by atoms with E-state index in [1.165, 1.54) is 9.80 Å². The lowest BCUT2D eigenvalue weighted by molar-refractivity contribution is -0.146. The predicted octanol–water partition coefficient (Wildman–Crippen LogP) is 1.97. The third-order valence-electron chi connectivity index (χ3n) is 7.87. The van der Waals surface area contributed by atoms with Crippen molar-refractivity contribution in [3.63, 3.8) is 0 Å². The molecular formula is C25H31N3O6. The molecule has 0 spiro atoms. The van der Waals surface area contributed by atoms with Crippen molar-refractivity contribution in [3.05, 3.63) is 34.9 Å². The summed E-state index contributed by atoms with van der Waals surface area (Å²) in [6, 6.07) is 3.68. The van der Waals surface area contributed by atoms with E-state index in [0.29, 0.717) is 16.7 Å². The van der Waals surface area contributed by atoms with E-state index < -0.39 is 23.8 Å².